The van der Waals surface area contributed by atoms with Crippen LogP contribution in [0, 0.1) is 6.92 Å². The third kappa shape index (κ3) is 4.44. The first-order chi connectivity index (χ1) is 14.9. The van der Waals surface area contributed by atoms with Gasteiger partial charge in [-0.3, -0.25) is 9.52 Å². The maximum absolute atomic E-state index is 12.9. The van der Waals surface area contributed by atoms with E-state index in [1.807, 2.05) is 19.9 Å². The Kier molecular flexibility index (Phi) is 5.73. The first-order valence-corrected chi connectivity index (χ1v) is 11.6. The lowest BCUT2D eigenvalue weighted by molar-refractivity contribution is 0.0702. The molecule has 4 rings (SSSR count). The predicted octanol–water partition coefficient (Wildman–Crippen LogP) is 3.99. The van der Waals surface area contributed by atoms with Crippen molar-refractivity contribution in [3.8, 4) is 5.75 Å². The number of ether oxygens (including phenoxy) is 1. The molecule has 1 N–H and O–H groups in total. The molecule has 1 aromatic heterocycles. The van der Waals surface area contributed by atoms with Crippen LogP contribution >= 0.6 is 0 Å². The van der Waals surface area contributed by atoms with Crippen molar-refractivity contribution >= 4 is 21.6 Å². The molecule has 0 atom stereocenters. The Hall–Kier alpha value is -3.26. The van der Waals surface area contributed by atoms with Gasteiger partial charge in [0.15, 0.2) is 5.76 Å². The fourth-order valence-electron chi connectivity index (χ4n) is 3.67. The average Bonchev–Trinajstić information content (AvgIpc) is 3.29. The highest BCUT2D eigenvalue weighted by molar-refractivity contribution is 7.92. The van der Waals surface area contributed by atoms with E-state index in [1.54, 1.807) is 41.3 Å². The Labute approximate surface area is 181 Å². The maximum atomic E-state index is 12.9. The van der Waals surface area contributed by atoms with E-state index in [1.165, 1.54) is 12.3 Å². The Morgan fingerprint density at radius 3 is 2.71 bits per heavy atom. The molecule has 0 unspecified atom stereocenters. The fraction of sp³-hybridized carbons (Fsp3) is 0.261. The second kappa shape index (κ2) is 8.47. The highest BCUT2D eigenvalue weighted by Crippen LogP contribution is 2.27. The van der Waals surface area contributed by atoms with Crippen molar-refractivity contribution in [3.05, 3.63) is 77.2 Å². The van der Waals surface area contributed by atoms with Gasteiger partial charge in [-0.2, -0.15) is 0 Å². The zero-order valence-electron chi connectivity index (χ0n) is 17.4. The van der Waals surface area contributed by atoms with Crippen LogP contribution in [0.2, 0.25) is 0 Å². The van der Waals surface area contributed by atoms with Gasteiger partial charge in [-0.05, 0) is 79.4 Å². The van der Waals surface area contributed by atoms with Gasteiger partial charge in [-0.1, -0.05) is 6.07 Å². The van der Waals surface area contributed by atoms with Crippen LogP contribution < -0.4 is 9.46 Å². The summed E-state index contributed by atoms with van der Waals surface area (Å²) in [5, 5.41) is 0. The van der Waals surface area contributed by atoms with E-state index in [-0.39, 0.29) is 10.8 Å². The molecule has 31 heavy (non-hydrogen) atoms. The van der Waals surface area contributed by atoms with Gasteiger partial charge in [0.2, 0.25) is 0 Å². The molecule has 0 aliphatic carbocycles. The van der Waals surface area contributed by atoms with Crippen LogP contribution in [0.4, 0.5) is 5.69 Å². The number of furan rings is 1. The third-order valence-corrected chi connectivity index (χ3v) is 6.63. The molecule has 162 valence electrons. The van der Waals surface area contributed by atoms with Crippen molar-refractivity contribution in [3.63, 3.8) is 0 Å². The van der Waals surface area contributed by atoms with Gasteiger partial charge in [-0.15, -0.1) is 0 Å². The van der Waals surface area contributed by atoms with E-state index in [0.29, 0.717) is 43.3 Å². The molecule has 0 saturated carbocycles. The predicted molar refractivity (Wildman–Crippen MR) is 117 cm³/mol. The summed E-state index contributed by atoms with van der Waals surface area (Å²) in [5.41, 5.74) is 3.22. The lowest BCUT2D eigenvalue weighted by Gasteiger charge is -2.28. The second-order valence-electron chi connectivity index (χ2n) is 7.40. The normalized spacial score (nSPS) is 13.5. The number of hydrogen-bond donors (Lipinski definition) is 1. The van der Waals surface area contributed by atoms with Crippen LogP contribution in [0.1, 0.15) is 34.2 Å². The van der Waals surface area contributed by atoms with Crippen LogP contribution in [-0.2, 0) is 23.0 Å². The lowest BCUT2D eigenvalue weighted by Crippen LogP contribution is -2.35. The zero-order valence-corrected chi connectivity index (χ0v) is 18.2. The van der Waals surface area contributed by atoms with Gasteiger partial charge in [0.1, 0.15) is 5.75 Å². The van der Waals surface area contributed by atoms with E-state index in [0.717, 1.165) is 16.7 Å². The number of fused-ring (bicyclic) bond motifs is 1. The summed E-state index contributed by atoms with van der Waals surface area (Å²) in [4.78, 5) is 14.5. The number of sulfonamides is 1. The highest BCUT2D eigenvalue weighted by Gasteiger charge is 2.24. The van der Waals surface area contributed by atoms with Crippen molar-refractivity contribution in [1.82, 2.24) is 4.90 Å². The first-order valence-electron chi connectivity index (χ1n) is 10.1. The molecule has 0 saturated heterocycles. The smallest absolute Gasteiger partial charge is 0.289 e. The minimum atomic E-state index is -3.76. The summed E-state index contributed by atoms with van der Waals surface area (Å²) in [5.74, 6) is 0.786. The minimum Gasteiger partial charge on any atom is -0.494 e. The van der Waals surface area contributed by atoms with Crippen molar-refractivity contribution in [2.75, 3.05) is 17.9 Å². The van der Waals surface area contributed by atoms with Gasteiger partial charge in [0, 0.05) is 18.8 Å². The number of nitrogens with one attached hydrogen (secondary N) is 1. The summed E-state index contributed by atoms with van der Waals surface area (Å²) in [7, 11) is -3.76. The van der Waals surface area contributed by atoms with Gasteiger partial charge >= 0.3 is 0 Å². The molecular formula is C23H24N2O5S. The molecule has 0 fully saturated rings. The number of anilines is 1. The van der Waals surface area contributed by atoms with Crippen LogP contribution in [0.3, 0.4) is 0 Å². The fourth-order valence-corrected chi connectivity index (χ4v) is 4.80. The number of aryl methyl sites for hydroxylation is 1. The average molecular weight is 441 g/mol. The van der Waals surface area contributed by atoms with E-state index < -0.39 is 10.0 Å². The molecule has 0 bridgehead atoms. The Morgan fingerprint density at radius 2 is 2.00 bits per heavy atom. The van der Waals surface area contributed by atoms with E-state index in [4.69, 9.17) is 9.15 Å². The van der Waals surface area contributed by atoms with Crippen LogP contribution in [0.15, 0.2) is 64.1 Å². The number of benzene rings is 2. The minimum absolute atomic E-state index is 0.167. The molecular weight excluding hydrogens is 416 g/mol. The molecule has 3 aromatic rings. The van der Waals surface area contributed by atoms with Crippen molar-refractivity contribution < 1.29 is 22.4 Å². The van der Waals surface area contributed by atoms with Gasteiger partial charge in [-0.25, -0.2) is 8.42 Å². The Bertz CT molecular complexity index is 1200. The first kappa shape index (κ1) is 21.0. The zero-order chi connectivity index (χ0) is 22.0. The molecule has 1 amide bonds. The molecule has 1 aliphatic heterocycles. The van der Waals surface area contributed by atoms with Gasteiger partial charge in [0.05, 0.1) is 17.8 Å². The van der Waals surface area contributed by atoms with Crippen molar-refractivity contribution in [1.29, 1.82) is 0 Å². The Morgan fingerprint density at radius 1 is 1.16 bits per heavy atom. The molecule has 8 heteroatoms. The summed E-state index contributed by atoms with van der Waals surface area (Å²) in [6.07, 6.45) is 2.17. The number of rotatable bonds is 6. The maximum Gasteiger partial charge on any atom is 0.289 e. The largest absolute Gasteiger partial charge is 0.494 e. The molecule has 2 heterocycles. The number of nitrogens with zero attached hydrogens (tertiary/aromatic N) is 1. The summed E-state index contributed by atoms with van der Waals surface area (Å²) < 4.78 is 39.1. The molecule has 0 radical (unpaired) electrons. The van der Waals surface area contributed by atoms with Crippen molar-refractivity contribution in [2.45, 2.75) is 31.7 Å². The van der Waals surface area contributed by atoms with Crippen LogP contribution in [0.25, 0.3) is 0 Å². The van der Waals surface area contributed by atoms with E-state index in [9.17, 15) is 13.2 Å². The molecule has 7 nitrogen and oxygen atoms in total. The number of amides is 1. The van der Waals surface area contributed by atoms with Crippen LogP contribution in [0.5, 0.6) is 5.75 Å². The van der Waals surface area contributed by atoms with E-state index >= 15 is 0 Å². The van der Waals surface area contributed by atoms with Crippen molar-refractivity contribution in [2.24, 2.45) is 0 Å². The topological polar surface area (TPSA) is 88.9 Å². The summed E-state index contributed by atoms with van der Waals surface area (Å²) >= 11 is 0. The second-order valence-corrected chi connectivity index (χ2v) is 9.09. The summed E-state index contributed by atoms with van der Waals surface area (Å²) in [6, 6.07) is 13.6. The Balaban J connectivity index is 1.53. The number of carbonyl (C=O) groups excluding carboxylic acids is 1. The summed E-state index contributed by atoms with van der Waals surface area (Å²) in [6.45, 7) is 5.19. The van der Waals surface area contributed by atoms with Gasteiger partial charge < -0.3 is 14.1 Å². The standard InChI is InChI=1S/C23H24N2O5S/c1-3-29-21-9-8-20(13-16(21)2)31(27,28)24-19-7-6-17-10-11-25(15-18(17)14-19)23(26)22-5-4-12-30-22/h4-9,12-14,24H,3,10-11,15H2,1-2H3. The number of carbonyl (C=O) groups is 1. The monoisotopic (exact) mass is 440 g/mol. The third-order valence-electron chi connectivity index (χ3n) is 5.25. The van der Waals surface area contributed by atoms with Crippen LogP contribution in [-0.4, -0.2) is 32.4 Å². The SMILES string of the molecule is CCOc1ccc(S(=O)(=O)Nc2ccc3c(c2)CN(C(=O)c2ccco2)CC3)cc1C. The lowest BCUT2D eigenvalue weighted by atomic mass is 9.99. The van der Waals surface area contributed by atoms with Gasteiger partial charge in [0.25, 0.3) is 15.9 Å². The van der Waals surface area contributed by atoms with E-state index in [2.05, 4.69) is 4.72 Å². The highest BCUT2D eigenvalue weighted by atomic mass is 32.2. The number of hydrogen-bond acceptors (Lipinski definition) is 5. The quantitative estimate of drug-likeness (QED) is 0.626. The molecule has 2 aromatic carbocycles. The molecule has 0 spiro atoms. The molecule has 1 aliphatic rings.